The minimum Gasteiger partial charge on any atom is -0.481 e. The second-order valence-corrected chi connectivity index (χ2v) is 29.5. The third-order valence-electron chi connectivity index (χ3n) is 17.9. The maximum Gasteiger partial charge on any atom is 0.305 e. The number of carbonyl (C=O) groups is 19. The average molecular weight is 1670 g/mol. The van der Waals surface area contributed by atoms with Gasteiger partial charge in [-0.2, -0.15) is 37.0 Å². The monoisotopic (exact) mass is 1670 g/mol. The molecule has 2 aliphatic rings. The molecule has 2 saturated heterocycles. The number of carbonyl (C=O) groups excluding carboxylic acids is 17. The van der Waals surface area contributed by atoms with Gasteiger partial charge in [0.1, 0.15) is 84.6 Å². The lowest BCUT2D eigenvalue weighted by Crippen LogP contribution is -2.61. The van der Waals surface area contributed by atoms with Gasteiger partial charge in [-0.15, -0.1) is 0 Å². The fraction of sp³-hybridized carbons (Fsp3) is 0.638. The van der Waals surface area contributed by atoms with E-state index in [2.05, 4.69) is 94.4 Å². The summed E-state index contributed by atoms with van der Waals surface area (Å²) >= 11 is 9.90. The van der Waals surface area contributed by atoms with Gasteiger partial charge < -0.3 is 122 Å². The van der Waals surface area contributed by atoms with Crippen LogP contribution < -0.4 is 92.1 Å². The first-order valence-corrected chi connectivity index (χ1v) is 39.4. The van der Waals surface area contributed by atoms with Gasteiger partial charge in [0.25, 0.3) is 0 Å². The molecule has 45 heteroatoms. The second-order valence-electron chi connectivity index (χ2n) is 27.8. The second kappa shape index (κ2) is 50.3. The highest BCUT2D eigenvalue weighted by atomic mass is 32.2. The number of thiol groups is 2. The smallest absolute Gasteiger partial charge is 0.305 e. The molecule has 14 atom stereocenters. The van der Waals surface area contributed by atoms with Crippen molar-refractivity contribution >= 4 is 149 Å². The van der Waals surface area contributed by atoms with Crippen LogP contribution in [0.2, 0.25) is 0 Å². The minimum absolute atomic E-state index is 0.0461. The van der Waals surface area contributed by atoms with Crippen LogP contribution in [0.25, 0.3) is 0 Å². The van der Waals surface area contributed by atoms with E-state index in [1.165, 1.54) is 11.8 Å². The number of rotatable bonds is 51. The zero-order valence-electron chi connectivity index (χ0n) is 63.9. The topological polar surface area (TPSA) is 672 Å². The van der Waals surface area contributed by atoms with E-state index < -0.39 is 260 Å². The molecule has 0 aliphatic carbocycles. The van der Waals surface area contributed by atoms with Crippen LogP contribution in [0.3, 0.4) is 0 Å². The number of primary amides is 2. The number of amides is 17. The SMILES string of the molecule is CSCCC(NC(=O)C(CC(C)C)NC(=O)CNC(=O)C(NC(=O)C(Cc1ccccc1)NC(=O)C(CS)NC(=O)C(CC(=O)O)NC(=O)C1CCCN1C(=O)CNC(=O)C(CC(=O)O)NC(=O)C1CCCN1C(=O)C(CS)NC(=O)C(CCCCN)NC(=O)C(CO)NC(=O)C(CC(N)=O)NC(=O)C(N)CO)C(C)C)C(N)=O. The van der Waals surface area contributed by atoms with Gasteiger partial charge in [0, 0.05) is 31.0 Å². The third-order valence-corrected chi connectivity index (χ3v) is 19.3. The first-order chi connectivity index (χ1) is 53.8. The Labute approximate surface area is 672 Å². The van der Waals surface area contributed by atoms with Crippen molar-refractivity contribution in [3.8, 4) is 0 Å². The highest BCUT2D eigenvalue weighted by Crippen LogP contribution is 2.22. The number of likely N-dealkylation sites (tertiary alicyclic amines) is 2. The zero-order valence-corrected chi connectivity index (χ0v) is 66.5. The minimum atomic E-state index is -1.93. The van der Waals surface area contributed by atoms with Crippen molar-refractivity contribution in [2.75, 3.05) is 69.5 Å². The summed E-state index contributed by atoms with van der Waals surface area (Å²) in [5, 5.41) is 70.2. The number of hydrogen-bond acceptors (Lipinski definition) is 26. The fourth-order valence-corrected chi connectivity index (χ4v) is 12.8. The Morgan fingerprint density at radius 3 is 1.51 bits per heavy atom. The molecule has 1 aromatic carbocycles. The molecule has 0 aromatic heterocycles. The van der Waals surface area contributed by atoms with Crippen molar-refractivity contribution in [2.45, 2.75) is 196 Å². The fourth-order valence-electron chi connectivity index (χ4n) is 11.9. The molecular formula is C69H109N19O23S3. The van der Waals surface area contributed by atoms with Crippen molar-refractivity contribution in [3.63, 3.8) is 0 Å². The summed E-state index contributed by atoms with van der Waals surface area (Å²) in [7, 11) is 0. The number of benzene rings is 1. The molecule has 0 spiro atoms. The summed E-state index contributed by atoms with van der Waals surface area (Å²) in [4.78, 5) is 256. The van der Waals surface area contributed by atoms with Gasteiger partial charge in [0.15, 0.2) is 0 Å². The van der Waals surface area contributed by atoms with Crippen molar-refractivity contribution in [1.29, 1.82) is 0 Å². The van der Waals surface area contributed by atoms with E-state index in [1.807, 2.05) is 6.26 Å². The quantitative estimate of drug-likeness (QED) is 0.0213. The predicted molar refractivity (Wildman–Crippen MR) is 414 cm³/mol. The summed E-state index contributed by atoms with van der Waals surface area (Å²) in [6.07, 6.45) is -0.295. The van der Waals surface area contributed by atoms with Crippen molar-refractivity contribution < 1.29 is 112 Å². The lowest BCUT2D eigenvalue weighted by Gasteiger charge is -2.30. The molecule has 114 heavy (non-hydrogen) atoms. The number of nitrogens with zero attached hydrogens (tertiary/aromatic N) is 2. The molecule has 0 saturated carbocycles. The number of nitrogens with one attached hydrogen (secondary N) is 13. The maximum atomic E-state index is 14.3. The Morgan fingerprint density at radius 2 is 0.982 bits per heavy atom. The van der Waals surface area contributed by atoms with E-state index in [9.17, 15) is 112 Å². The molecule has 2 aliphatic heterocycles. The Morgan fingerprint density at radius 1 is 0.509 bits per heavy atom. The van der Waals surface area contributed by atoms with Crippen molar-refractivity contribution in [3.05, 3.63) is 35.9 Å². The standard InChI is InChI=1S/C69H109N19O23S3/c1-34(2)23-40(60(102)77-38(56(73)98)18-22-114-5)76-51(92)28-74-68(110)55(35(3)4)86-63(105)41(24-36-13-7-6-8-14-36)80-65(107)46(32-112)84-62(104)44(27-54(96)97)82-66(108)48-16-11-20-87(48)52(93)29-75-58(100)43(26-53(94)95)81-67(109)49-17-12-21-88(49)69(111)47(33-113)85-59(101)39(15-9-10-19-70)78-64(106)45(31-90)83-61(103)42(25-50(72)91)79-57(99)37(71)30-89/h6-8,13-14,34-35,37-49,55,89-90,112-113H,9-12,15-33,70-71H2,1-5H3,(H2,72,91)(H2,73,98)(H,74,110)(H,75,100)(H,76,92)(H,77,102)(H,78,106)(H,79,99)(H,80,107)(H,81,109)(H,82,108)(H,83,103)(H,84,104)(H,85,101)(H,86,105)(H,94,95)(H,96,97). The molecule has 2 heterocycles. The van der Waals surface area contributed by atoms with Crippen LogP contribution in [0.1, 0.15) is 110 Å². The van der Waals surface area contributed by atoms with Crippen LogP contribution in [0, 0.1) is 11.8 Å². The summed E-state index contributed by atoms with van der Waals surface area (Å²) in [5.74, 6) is -21.2. The van der Waals surface area contributed by atoms with E-state index in [0.717, 1.165) is 9.80 Å². The molecule has 636 valence electrons. The molecule has 0 bridgehead atoms. The Bertz CT molecular complexity index is 3550. The van der Waals surface area contributed by atoms with Gasteiger partial charge in [-0.25, -0.2) is 0 Å². The molecule has 2 fully saturated rings. The molecule has 3 rings (SSSR count). The lowest BCUT2D eigenvalue weighted by atomic mass is 10.0. The number of nitrogens with two attached hydrogens (primary N) is 4. The van der Waals surface area contributed by atoms with Gasteiger partial charge in [-0.3, -0.25) is 91.1 Å². The lowest BCUT2D eigenvalue weighted by molar-refractivity contribution is -0.144. The molecule has 17 amide bonds. The van der Waals surface area contributed by atoms with E-state index >= 15 is 0 Å². The molecule has 14 unspecified atom stereocenters. The summed E-state index contributed by atoms with van der Waals surface area (Å²) < 4.78 is 0. The molecule has 42 nitrogen and oxygen atoms in total. The van der Waals surface area contributed by atoms with Crippen molar-refractivity contribution in [1.82, 2.24) is 78.9 Å². The molecule has 1 aromatic rings. The summed E-state index contributed by atoms with van der Waals surface area (Å²) in [6, 6.07) is -13.1. The van der Waals surface area contributed by atoms with Crippen LogP contribution in [0.4, 0.5) is 0 Å². The number of unbranched alkanes of at least 4 members (excludes halogenated alkanes) is 1. The molecule has 25 N–H and O–H groups in total. The van der Waals surface area contributed by atoms with Gasteiger partial charge in [0.2, 0.25) is 100 Å². The summed E-state index contributed by atoms with van der Waals surface area (Å²) in [5.41, 5.74) is 22.4. The number of carboxylic acids is 2. The Kier molecular flexibility index (Phi) is 43.3. The van der Waals surface area contributed by atoms with Gasteiger partial charge in [0.05, 0.1) is 45.6 Å². The maximum absolute atomic E-state index is 14.3. The van der Waals surface area contributed by atoms with Crippen LogP contribution >= 0.6 is 37.0 Å². The average Bonchev–Trinajstić information content (AvgIpc) is 1.64. The van der Waals surface area contributed by atoms with Crippen LogP contribution in [0.15, 0.2) is 30.3 Å². The molecular weight excluding hydrogens is 1560 g/mol. The largest absolute Gasteiger partial charge is 0.481 e. The number of aliphatic hydroxyl groups excluding tert-OH is 2. The van der Waals surface area contributed by atoms with Gasteiger partial charge in [-0.05, 0) is 93.7 Å². The highest BCUT2D eigenvalue weighted by molar-refractivity contribution is 7.98. The predicted octanol–water partition coefficient (Wildman–Crippen LogP) is -9.16. The normalized spacial score (nSPS) is 17.0. The number of aliphatic carboxylic acids is 2. The van der Waals surface area contributed by atoms with E-state index in [4.69, 9.17) is 22.9 Å². The number of hydrogen-bond donors (Lipinski definition) is 23. The Balaban J connectivity index is 1.73. The van der Waals surface area contributed by atoms with Gasteiger partial charge >= 0.3 is 11.9 Å². The number of aliphatic hydroxyl groups is 2. The summed E-state index contributed by atoms with van der Waals surface area (Å²) in [6.45, 7) is 3.19. The third kappa shape index (κ3) is 33.2. The highest BCUT2D eigenvalue weighted by Gasteiger charge is 2.43. The zero-order chi connectivity index (χ0) is 85.6. The van der Waals surface area contributed by atoms with E-state index in [-0.39, 0.29) is 83.3 Å². The number of carboxylic acid groups (broad SMARTS) is 2. The molecule has 0 radical (unpaired) electrons. The number of thioether (sulfide) groups is 1. The van der Waals surface area contributed by atoms with Crippen molar-refractivity contribution in [2.24, 2.45) is 34.8 Å². The van der Waals surface area contributed by atoms with Crippen LogP contribution in [0.5, 0.6) is 0 Å². The van der Waals surface area contributed by atoms with E-state index in [1.54, 1.807) is 58.0 Å². The first-order valence-electron chi connectivity index (χ1n) is 36.8. The van der Waals surface area contributed by atoms with E-state index in [0.29, 0.717) is 17.7 Å². The van der Waals surface area contributed by atoms with Crippen LogP contribution in [-0.4, -0.2) is 297 Å². The Hall–Kier alpha value is -9.96. The van der Waals surface area contributed by atoms with Crippen LogP contribution in [-0.2, 0) is 97.5 Å². The van der Waals surface area contributed by atoms with Gasteiger partial charge in [-0.1, -0.05) is 58.0 Å². The first kappa shape index (κ1) is 98.2.